The van der Waals surface area contributed by atoms with Crippen LogP contribution in [-0.2, 0) is 28.5 Å². The van der Waals surface area contributed by atoms with E-state index in [0.717, 1.165) is 0 Å². The van der Waals surface area contributed by atoms with Gasteiger partial charge in [-0.15, -0.1) is 0 Å². The van der Waals surface area contributed by atoms with E-state index in [1.165, 1.54) is 13.8 Å². The number of carbonyl (C=O) groups is 2. The highest BCUT2D eigenvalue weighted by Crippen LogP contribution is 1.82. The predicted molar refractivity (Wildman–Crippen MR) is 117 cm³/mol. The van der Waals surface area contributed by atoms with Crippen LogP contribution in [-0.4, -0.2) is 122 Å². The van der Waals surface area contributed by atoms with Crippen molar-refractivity contribution in [3.8, 4) is 0 Å². The Hall–Kier alpha value is -1.90. The van der Waals surface area contributed by atoms with Gasteiger partial charge < -0.3 is 49.6 Å². The third-order valence-electron chi connectivity index (χ3n) is 2.42. The monoisotopic (exact) mass is 472 g/mol. The molecule has 0 rings (SSSR count). The minimum absolute atomic E-state index is 0.0278. The van der Waals surface area contributed by atoms with E-state index in [-0.39, 0.29) is 37.6 Å². The van der Waals surface area contributed by atoms with Gasteiger partial charge in [0.25, 0.3) is 0 Å². The lowest BCUT2D eigenvalue weighted by molar-refractivity contribution is -0.133. The molecule has 0 radical (unpaired) electrons. The molecule has 192 valence electrons. The molecule has 0 atom stereocenters. The molecule has 0 fully saturated rings. The first-order valence-electron chi connectivity index (χ1n) is 9.64. The number of aliphatic carboxylic acids is 2. The summed E-state index contributed by atoms with van der Waals surface area (Å²) in [6.45, 7) is 12.7. The SMILES string of the molecule is C=C(C)C(=O)O.C=C(C)C(=O)O.OCCOCCO.OCCOCCOCCOCCO. The lowest BCUT2D eigenvalue weighted by atomic mass is 10.4. The number of carboxylic acid groups (broad SMARTS) is 2. The molecule has 0 aliphatic rings. The number of aliphatic hydroxyl groups is 4. The fourth-order valence-corrected chi connectivity index (χ4v) is 0.902. The Morgan fingerprint density at radius 1 is 0.531 bits per heavy atom. The van der Waals surface area contributed by atoms with Crippen LogP contribution in [0.3, 0.4) is 0 Å². The second-order valence-corrected chi connectivity index (χ2v) is 5.51. The number of rotatable bonds is 16. The molecule has 12 nitrogen and oxygen atoms in total. The highest BCUT2D eigenvalue weighted by molar-refractivity contribution is 5.85. The fourth-order valence-electron chi connectivity index (χ4n) is 0.902. The lowest BCUT2D eigenvalue weighted by Crippen LogP contribution is -2.11. The lowest BCUT2D eigenvalue weighted by Gasteiger charge is -2.04. The van der Waals surface area contributed by atoms with Crippen LogP contribution < -0.4 is 0 Å². The zero-order valence-corrected chi connectivity index (χ0v) is 19.0. The van der Waals surface area contributed by atoms with Gasteiger partial charge in [0.05, 0.1) is 79.3 Å². The molecule has 0 aliphatic carbocycles. The number of aliphatic hydroxyl groups excluding tert-OH is 4. The van der Waals surface area contributed by atoms with Crippen molar-refractivity contribution in [1.29, 1.82) is 0 Å². The Bertz CT molecular complexity index is 378. The molecule has 6 N–H and O–H groups in total. The van der Waals surface area contributed by atoms with Gasteiger partial charge in [-0.1, -0.05) is 13.2 Å². The third kappa shape index (κ3) is 51.1. The second-order valence-electron chi connectivity index (χ2n) is 5.51. The van der Waals surface area contributed by atoms with Crippen molar-refractivity contribution < 1.29 is 59.2 Å². The van der Waals surface area contributed by atoms with Crippen LogP contribution in [0.1, 0.15) is 13.8 Å². The quantitative estimate of drug-likeness (QED) is 0.122. The normalized spacial score (nSPS) is 9.19. The molecule has 0 aromatic carbocycles. The van der Waals surface area contributed by atoms with Crippen LogP contribution in [0.2, 0.25) is 0 Å². The van der Waals surface area contributed by atoms with Crippen molar-refractivity contribution in [2.24, 2.45) is 0 Å². The molecule has 0 aliphatic heterocycles. The summed E-state index contributed by atoms with van der Waals surface area (Å²) in [5, 5.41) is 48.7. The van der Waals surface area contributed by atoms with E-state index in [0.29, 0.717) is 52.9 Å². The van der Waals surface area contributed by atoms with Gasteiger partial charge in [-0.05, 0) is 13.8 Å². The maximum Gasteiger partial charge on any atom is 0.330 e. The van der Waals surface area contributed by atoms with E-state index in [1.54, 1.807) is 0 Å². The van der Waals surface area contributed by atoms with E-state index in [9.17, 15) is 9.59 Å². The number of ether oxygens (including phenoxy) is 4. The van der Waals surface area contributed by atoms with Gasteiger partial charge in [-0.25, -0.2) is 9.59 Å². The van der Waals surface area contributed by atoms with E-state index in [4.69, 9.17) is 44.8 Å². The number of hydrogen-bond acceptors (Lipinski definition) is 10. The van der Waals surface area contributed by atoms with Gasteiger partial charge in [-0.3, -0.25) is 0 Å². The standard InChI is InChI=1S/C8H18O5.C4H10O3.2C4H6O2/c9-1-3-11-5-7-13-8-6-12-4-2-10;5-1-3-7-4-2-6;2*1-3(2)4(5)6/h9-10H,1-8H2;5-6H,1-4H2;2*1H2,2H3,(H,5,6). The Balaban J connectivity index is -0.000000176. The van der Waals surface area contributed by atoms with Crippen LogP contribution in [0.15, 0.2) is 24.3 Å². The van der Waals surface area contributed by atoms with Crippen molar-refractivity contribution in [2.45, 2.75) is 13.8 Å². The largest absolute Gasteiger partial charge is 0.478 e. The average Bonchev–Trinajstić information content (AvgIpc) is 2.74. The molecule has 0 spiro atoms. The van der Waals surface area contributed by atoms with Crippen LogP contribution in [0.4, 0.5) is 0 Å². The first-order valence-corrected chi connectivity index (χ1v) is 9.64. The highest BCUT2D eigenvalue weighted by atomic mass is 16.5. The molecule has 0 saturated heterocycles. The molecular weight excluding hydrogens is 432 g/mol. The minimum Gasteiger partial charge on any atom is -0.478 e. The van der Waals surface area contributed by atoms with E-state index < -0.39 is 11.9 Å². The molecule has 0 aromatic rings. The van der Waals surface area contributed by atoms with Gasteiger partial charge in [0, 0.05) is 11.1 Å². The zero-order chi connectivity index (χ0) is 25.6. The summed E-state index contributed by atoms with van der Waals surface area (Å²) in [6.07, 6.45) is 0. The molecule has 0 heterocycles. The average molecular weight is 473 g/mol. The summed E-state index contributed by atoms with van der Waals surface area (Å²) in [6, 6.07) is 0. The van der Waals surface area contributed by atoms with Crippen molar-refractivity contribution >= 4 is 11.9 Å². The van der Waals surface area contributed by atoms with Gasteiger partial charge in [0.2, 0.25) is 0 Å². The maximum absolute atomic E-state index is 9.60. The Morgan fingerprint density at radius 3 is 0.844 bits per heavy atom. The summed E-state index contributed by atoms with van der Waals surface area (Å²) in [4.78, 5) is 19.2. The Kier molecular flexibility index (Phi) is 39.4. The van der Waals surface area contributed by atoms with Gasteiger partial charge in [0.15, 0.2) is 0 Å². The third-order valence-corrected chi connectivity index (χ3v) is 2.42. The second kappa shape index (κ2) is 33.7. The smallest absolute Gasteiger partial charge is 0.330 e. The van der Waals surface area contributed by atoms with E-state index in [1.807, 2.05) is 0 Å². The Morgan fingerprint density at radius 2 is 0.688 bits per heavy atom. The maximum atomic E-state index is 9.60. The zero-order valence-electron chi connectivity index (χ0n) is 19.0. The van der Waals surface area contributed by atoms with Gasteiger partial charge in [0.1, 0.15) is 0 Å². The first-order chi connectivity index (χ1) is 15.1. The molecule has 12 heteroatoms. The van der Waals surface area contributed by atoms with Crippen molar-refractivity contribution in [2.75, 3.05) is 79.3 Å². The molecular formula is C20H40O12. The van der Waals surface area contributed by atoms with Crippen LogP contribution >= 0.6 is 0 Å². The summed E-state index contributed by atoms with van der Waals surface area (Å²) in [5.74, 6) is -1.87. The first kappa shape index (κ1) is 37.4. The fraction of sp³-hybridized carbons (Fsp3) is 0.700. The summed E-state index contributed by atoms with van der Waals surface area (Å²) in [7, 11) is 0. The van der Waals surface area contributed by atoms with Gasteiger partial charge >= 0.3 is 11.9 Å². The van der Waals surface area contributed by atoms with Crippen molar-refractivity contribution in [3.05, 3.63) is 24.3 Å². The topological polar surface area (TPSA) is 192 Å². The van der Waals surface area contributed by atoms with Crippen molar-refractivity contribution in [3.63, 3.8) is 0 Å². The summed E-state index contributed by atoms with van der Waals surface area (Å²) >= 11 is 0. The molecule has 0 unspecified atom stereocenters. The van der Waals surface area contributed by atoms with Gasteiger partial charge in [-0.2, -0.15) is 0 Å². The van der Waals surface area contributed by atoms with Crippen LogP contribution in [0, 0.1) is 0 Å². The number of carboxylic acids is 2. The molecule has 0 bridgehead atoms. The molecule has 0 aromatic heterocycles. The van der Waals surface area contributed by atoms with Crippen LogP contribution in [0.25, 0.3) is 0 Å². The summed E-state index contributed by atoms with van der Waals surface area (Å²) in [5.41, 5.74) is 0.352. The molecule has 0 amide bonds. The molecule has 32 heavy (non-hydrogen) atoms. The highest BCUT2D eigenvalue weighted by Gasteiger charge is 1.91. The van der Waals surface area contributed by atoms with E-state index in [2.05, 4.69) is 17.9 Å². The Labute approximate surface area is 189 Å². The van der Waals surface area contributed by atoms with E-state index >= 15 is 0 Å². The number of hydrogen-bond donors (Lipinski definition) is 6. The van der Waals surface area contributed by atoms with Crippen LogP contribution in [0.5, 0.6) is 0 Å². The molecule has 0 saturated carbocycles. The predicted octanol–water partition coefficient (Wildman–Crippen LogP) is -0.697. The summed E-state index contributed by atoms with van der Waals surface area (Å²) < 4.78 is 19.7. The van der Waals surface area contributed by atoms with Crippen molar-refractivity contribution in [1.82, 2.24) is 0 Å². The minimum atomic E-state index is -0.935.